The van der Waals surface area contributed by atoms with Gasteiger partial charge < -0.3 is 19.5 Å². The molecular weight excluding hydrogens is 320 g/mol. The molecule has 0 saturated carbocycles. The fourth-order valence-electron chi connectivity index (χ4n) is 2.07. The van der Waals surface area contributed by atoms with E-state index in [-0.39, 0.29) is 18.3 Å². The van der Waals surface area contributed by atoms with Crippen molar-refractivity contribution in [1.82, 2.24) is 10.3 Å². The molecule has 0 bridgehead atoms. The molecule has 1 atom stereocenters. The number of furan rings is 1. The third kappa shape index (κ3) is 4.02. The highest BCUT2D eigenvalue weighted by molar-refractivity contribution is 6.28. The molecule has 23 heavy (non-hydrogen) atoms. The molecule has 3 aromatic rings. The smallest absolute Gasteiger partial charge is 0.298 e. The van der Waals surface area contributed by atoms with Crippen molar-refractivity contribution in [3.8, 4) is 0 Å². The fourth-order valence-corrected chi connectivity index (χ4v) is 2.23. The predicted molar refractivity (Wildman–Crippen MR) is 85.8 cm³/mol. The Balaban J connectivity index is 1.50. The summed E-state index contributed by atoms with van der Waals surface area (Å²) in [6, 6.07) is 10.9. The molecule has 0 aliphatic rings. The molecule has 0 aliphatic heterocycles. The van der Waals surface area contributed by atoms with E-state index in [0.717, 1.165) is 0 Å². The second kappa shape index (κ2) is 6.72. The number of benzene rings is 1. The lowest BCUT2D eigenvalue weighted by atomic mass is 10.2. The van der Waals surface area contributed by atoms with Gasteiger partial charge in [0.25, 0.3) is 6.01 Å². The van der Waals surface area contributed by atoms with Crippen LogP contribution in [-0.2, 0) is 11.2 Å². The summed E-state index contributed by atoms with van der Waals surface area (Å²) in [5.74, 6) is 0.416. The number of rotatable bonds is 6. The van der Waals surface area contributed by atoms with Crippen LogP contribution >= 0.6 is 11.6 Å². The van der Waals surface area contributed by atoms with Crippen molar-refractivity contribution < 1.29 is 13.6 Å². The van der Waals surface area contributed by atoms with Gasteiger partial charge in [-0.05, 0) is 35.9 Å². The van der Waals surface area contributed by atoms with Crippen LogP contribution in [0.1, 0.15) is 12.2 Å². The quantitative estimate of drug-likeness (QED) is 0.598. The van der Waals surface area contributed by atoms with Crippen LogP contribution in [0.15, 0.2) is 45.2 Å². The van der Waals surface area contributed by atoms with Crippen LogP contribution in [0.4, 0.5) is 6.01 Å². The van der Waals surface area contributed by atoms with Gasteiger partial charge in [-0.1, -0.05) is 12.1 Å². The molecule has 4 N–H and O–H groups in total. The van der Waals surface area contributed by atoms with E-state index in [1.165, 1.54) is 0 Å². The molecule has 1 unspecified atom stereocenters. The van der Waals surface area contributed by atoms with Crippen molar-refractivity contribution in [3.63, 3.8) is 0 Å². The summed E-state index contributed by atoms with van der Waals surface area (Å²) in [6.45, 7) is 0. The lowest BCUT2D eigenvalue weighted by Gasteiger charge is -2.13. The van der Waals surface area contributed by atoms with Gasteiger partial charge >= 0.3 is 0 Å². The molecular formula is C15H15ClN4O3. The first-order valence-corrected chi connectivity index (χ1v) is 7.39. The van der Waals surface area contributed by atoms with Gasteiger partial charge in [-0.2, -0.15) is 4.98 Å². The van der Waals surface area contributed by atoms with E-state index in [1.54, 1.807) is 18.2 Å². The van der Waals surface area contributed by atoms with Crippen LogP contribution in [0.5, 0.6) is 0 Å². The van der Waals surface area contributed by atoms with Gasteiger partial charge in [-0.15, -0.1) is 0 Å². The third-order valence-corrected chi connectivity index (χ3v) is 3.32. The predicted octanol–water partition coefficient (Wildman–Crippen LogP) is 2.48. The molecule has 1 amide bonds. The van der Waals surface area contributed by atoms with Gasteiger partial charge in [0.15, 0.2) is 17.1 Å². The van der Waals surface area contributed by atoms with Crippen molar-refractivity contribution >= 4 is 34.6 Å². The summed E-state index contributed by atoms with van der Waals surface area (Å²) in [6.07, 6.45) is -0.142. The highest BCUT2D eigenvalue weighted by Crippen LogP contribution is 2.18. The second-order valence-corrected chi connectivity index (χ2v) is 5.25. The second-order valence-electron chi connectivity index (χ2n) is 4.88. The first kappa shape index (κ1) is 15.4. The lowest BCUT2D eigenvalue weighted by Crippen LogP contribution is -2.47. The Morgan fingerprint density at radius 3 is 2.83 bits per heavy atom. The van der Waals surface area contributed by atoms with Gasteiger partial charge in [0, 0.05) is 12.8 Å². The number of nitrogens with zero attached hydrogens (tertiary/aromatic N) is 1. The van der Waals surface area contributed by atoms with Gasteiger partial charge in [0.2, 0.25) is 5.91 Å². The number of halogens is 1. The van der Waals surface area contributed by atoms with E-state index < -0.39 is 6.29 Å². The van der Waals surface area contributed by atoms with E-state index in [0.29, 0.717) is 28.5 Å². The third-order valence-electron chi connectivity index (χ3n) is 3.12. The van der Waals surface area contributed by atoms with E-state index in [1.807, 2.05) is 18.2 Å². The van der Waals surface area contributed by atoms with Gasteiger partial charge in [0.1, 0.15) is 11.3 Å². The van der Waals surface area contributed by atoms with Gasteiger partial charge in [0.05, 0.1) is 0 Å². The zero-order chi connectivity index (χ0) is 16.2. The molecule has 0 fully saturated rings. The minimum atomic E-state index is -0.809. The number of aromatic nitrogens is 1. The van der Waals surface area contributed by atoms with E-state index in [4.69, 9.17) is 26.2 Å². The number of anilines is 1. The normalized spacial score (nSPS) is 12.3. The summed E-state index contributed by atoms with van der Waals surface area (Å²) < 4.78 is 10.7. The van der Waals surface area contributed by atoms with Crippen molar-refractivity contribution in [3.05, 3.63) is 47.4 Å². The van der Waals surface area contributed by atoms with E-state index in [2.05, 4.69) is 15.6 Å². The van der Waals surface area contributed by atoms with Crippen LogP contribution in [0.2, 0.25) is 5.22 Å². The Morgan fingerprint density at radius 2 is 2.09 bits per heavy atom. The summed E-state index contributed by atoms with van der Waals surface area (Å²) in [4.78, 5) is 16.1. The van der Waals surface area contributed by atoms with Crippen molar-refractivity contribution in [2.24, 2.45) is 5.73 Å². The maximum atomic E-state index is 11.8. The zero-order valence-corrected chi connectivity index (χ0v) is 12.8. The lowest BCUT2D eigenvalue weighted by molar-refractivity contribution is -0.121. The fraction of sp³-hybridized carbons (Fsp3) is 0.200. The molecule has 0 aliphatic carbocycles. The van der Waals surface area contributed by atoms with Crippen LogP contribution in [0.3, 0.4) is 0 Å². The molecule has 1 aromatic carbocycles. The number of nitrogens with one attached hydrogen (secondary N) is 2. The molecule has 8 heteroatoms. The van der Waals surface area contributed by atoms with Crippen molar-refractivity contribution in [1.29, 1.82) is 0 Å². The summed E-state index contributed by atoms with van der Waals surface area (Å²) in [5, 5.41) is 5.69. The summed E-state index contributed by atoms with van der Waals surface area (Å²) >= 11 is 5.67. The molecule has 120 valence electrons. The molecule has 0 radical (unpaired) electrons. The van der Waals surface area contributed by atoms with Gasteiger partial charge in [-0.3, -0.25) is 10.5 Å². The Kier molecular flexibility index (Phi) is 4.50. The number of para-hydroxylation sites is 2. The van der Waals surface area contributed by atoms with Crippen LogP contribution in [0, 0.1) is 0 Å². The number of carbonyl (C=O) groups is 1. The number of hydrogen-bond acceptors (Lipinski definition) is 6. The molecule has 7 nitrogen and oxygen atoms in total. The number of fused-ring (bicyclic) bond motifs is 1. The van der Waals surface area contributed by atoms with Gasteiger partial charge in [-0.25, -0.2) is 0 Å². The number of oxazole rings is 1. The Bertz CT molecular complexity index is 781. The highest BCUT2D eigenvalue weighted by atomic mass is 35.5. The first-order chi connectivity index (χ1) is 11.1. The summed E-state index contributed by atoms with van der Waals surface area (Å²) in [5.41, 5.74) is 7.17. The number of hydrogen-bond donors (Lipinski definition) is 3. The maximum absolute atomic E-state index is 11.8. The Hall–Kier alpha value is -2.51. The number of aryl methyl sites for hydroxylation is 1. The summed E-state index contributed by atoms with van der Waals surface area (Å²) in [7, 11) is 0. The van der Waals surface area contributed by atoms with Crippen LogP contribution in [-0.4, -0.2) is 17.2 Å². The monoisotopic (exact) mass is 334 g/mol. The number of carbonyl (C=O) groups excluding carboxylic acids is 1. The number of nitrogens with two attached hydrogens (primary N) is 1. The Morgan fingerprint density at radius 1 is 1.26 bits per heavy atom. The average molecular weight is 335 g/mol. The van der Waals surface area contributed by atoms with Crippen LogP contribution in [0.25, 0.3) is 11.1 Å². The maximum Gasteiger partial charge on any atom is 0.298 e. The van der Waals surface area contributed by atoms with E-state index in [9.17, 15) is 4.79 Å². The van der Waals surface area contributed by atoms with Crippen molar-refractivity contribution in [2.45, 2.75) is 19.1 Å². The molecule has 2 aromatic heterocycles. The molecule has 3 rings (SSSR count). The van der Waals surface area contributed by atoms with Crippen LogP contribution < -0.4 is 16.4 Å². The van der Waals surface area contributed by atoms with Crippen molar-refractivity contribution in [2.75, 3.05) is 5.32 Å². The molecule has 2 heterocycles. The zero-order valence-electron chi connectivity index (χ0n) is 12.1. The largest absolute Gasteiger partial charge is 0.450 e. The minimum absolute atomic E-state index is 0.228. The SMILES string of the molecule is NC(NC(=O)CCc1ccc(Cl)o1)Nc1nc2ccccc2o1. The highest BCUT2D eigenvalue weighted by Gasteiger charge is 2.12. The minimum Gasteiger partial charge on any atom is -0.450 e. The topological polar surface area (TPSA) is 106 Å². The number of amides is 1. The Labute approximate surface area is 136 Å². The molecule has 0 spiro atoms. The first-order valence-electron chi connectivity index (χ1n) is 7.01. The average Bonchev–Trinajstić information content (AvgIpc) is 3.10. The molecule has 0 saturated heterocycles. The van der Waals surface area contributed by atoms with E-state index >= 15 is 0 Å². The standard InChI is InChI=1S/C15H15ClN4O3/c16-12-7-5-9(22-12)6-8-13(21)19-14(17)20-15-18-10-3-1-2-4-11(10)23-15/h1-5,7,14H,6,8,17H2,(H,18,20)(H,19,21).